The van der Waals surface area contributed by atoms with E-state index in [0.717, 1.165) is 6.07 Å². The molecule has 0 aliphatic carbocycles. The van der Waals surface area contributed by atoms with Gasteiger partial charge >= 0.3 is 11.9 Å². The first-order valence-corrected chi connectivity index (χ1v) is 7.83. The molecule has 24 heavy (non-hydrogen) atoms. The predicted molar refractivity (Wildman–Crippen MR) is 89.3 cm³/mol. The fourth-order valence-corrected chi connectivity index (χ4v) is 1.59. The van der Waals surface area contributed by atoms with Crippen molar-refractivity contribution in [3.63, 3.8) is 0 Å². The summed E-state index contributed by atoms with van der Waals surface area (Å²) in [4.78, 5) is 24.2. The van der Waals surface area contributed by atoms with Crippen molar-refractivity contribution in [2.75, 3.05) is 6.54 Å². The van der Waals surface area contributed by atoms with Gasteiger partial charge in [-0.1, -0.05) is 0 Å². The summed E-state index contributed by atoms with van der Waals surface area (Å²) in [5.41, 5.74) is 4.23. The summed E-state index contributed by atoms with van der Waals surface area (Å²) >= 11 is 0. The van der Waals surface area contributed by atoms with Crippen LogP contribution in [0.4, 0.5) is 4.39 Å². The SMILES string of the molecule is CC(C)(C)C(=O)Oc1cc(F)c(CCN)cc1OC(=O)C(C)(C)C. The largest absolute Gasteiger partial charge is 0.422 e. The second-order valence-corrected chi connectivity index (χ2v) is 7.71. The third-order valence-electron chi connectivity index (χ3n) is 3.16. The second kappa shape index (κ2) is 7.30. The maximum absolute atomic E-state index is 14.1. The van der Waals surface area contributed by atoms with Gasteiger partial charge in [-0.25, -0.2) is 4.39 Å². The van der Waals surface area contributed by atoms with Crippen LogP contribution in [0, 0.1) is 16.6 Å². The van der Waals surface area contributed by atoms with Crippen LogP contribution in [0.5, 0.6) is 11.5 Å². The van der Waals surface area contributed by atoms with Crippen LogP contribution in [0.1, 0.15) is 47.1 Å². The lowest BCUT2D eigenvalue weighted by atomic mass is 9.97. The van der Waals surface area contributed by atoms with E-state index in [1.165, 1.54) is 6.07 Å². The van der Waals surface area contributed by atoms with Gasteiger partial charge in [-0.3, -0.25) is 9.59 Å². The molecular formula is C18H26FNO4. The lowest BCUT2D eigenvalue weighted by Gasteiger charge is -2.21. The average Bonchev–Trinajstić information content (AvgIpc) is 2.41. The van der Waals surface area contributed by atoms with Crippen molar-refractivity contribution in [1.29, 1.82) is 0 Å². The number of ether oxygens (including phenoxy) is 2. The molecule has 1 rings (SSSR count). The van der Waals surface area contributed by atoms with E-state index < -0.39 is 28.6 Å². The van der Waals surface area contributed by atoms with Crippen molar-refractivity contribution in [2.45, 2.75) is 48.0 Å². The van der Waals surface area contributed by atoms with Gasteiger partial charge in [0.25, 0.3) is 0 Å². The average molecular weight is 339 g/mol. The maximum Gasteiger partial charge on any atom is 0.316 e. The van der Waals surface area contributed by atoms with Gasteiger partial charge in [0, 0.05) is 6.07 Å². The molecular weight excluding hydrogens is 313 g/mol. The van der Waals surface area contributed by atoms with E-state index in [9.17, 15) is 14.0 Å². The molecule has 0 unspecified atom stereocenters. The Kier molecular flexibility index (Phi) is 6.11. The summed E-state index contributed by atoms with van der Waals surface area (Å²) in [6.07, 6.45) is 0.277. The number of hydrogen-bond acceptors (Lipinski definition) is 5. The van der Waals surface area contributed by atoms with E-state index in [1.54, 1.807) is 41.5 Å². The smallest absolute Gasteiger partial charge is 0.316 e. The molecule has 6 heteroatoms. The van der Waals surface area contributed by atoms with E-state index in [-0.39, 0.29) is 24.5 Å². The molecule has 0 fully saturated rings. The Morgan fingerprint density at radius 2 is 1.38 bits per heavy atom. The molecule has 0 heterocycles. The first kappa shape index (κ1) is 20.1. The first-order chi connectivity index (χ1) is 10.9. The summed E-state index contributed by atoms with van der Waals surface area (Å²) in [6.45, 7) is 10.4. The number of rotatable bonds is 4. The Labute approximate surface area is 142 Å². The van der Waals surface area contributed by atoms with E-state index in [1.807, 2.05) is 0 Å². The van der Waals surface area contributed by atoms with Gasteiger partial charge in [-0.2, -0.15) is 0 Å². The third-order valence-corrected chi connectivity index (χ3v) is 3.16. The van der Waals surface area contributed by atoms with Gasteiger partial charge in [-0.05, 0) is 66.1 Å². The summed E-state index contributed by atoms with van der Waals surface area (Å²) < 4.78 is 24.7. The highest BCUT2D eigenvalue weighted by Crippen LogP contribution is 2.34. The lowest BCUT2D eigenvalue weighted by Crippen LogP contribution is -2.28. The van der Waals surface area contributed by atoms with Crippen LogP contribution in [0.2, 0.25) is 0 Å². The van der Waals surface area contributed by atoms with Crippen LogP contribution < -0.4 is 15.2 Å². The number of benzene rings is 1. The molecule has 0 bridgehead atoms. The molecule has 0 amide bonds. The summed E-state index contributed by atoms with van der Waals surface area (Å²) in [5.74, 6) is -1.74. The topological polar surface area (TPSA) is 78.6 Å². The molecule has 0 saturated heterocycles. The van der Waals surface area contributed by atoms with Crippen molar-refractivity contribution < 1.29 is 23.5 Å². The minimum absolute atomic E-state index is 0.0115. The van der Waals surface area contributed by atoms with E-state index >= 15 is 0 Å². The van der Waals surface area contributed by atoms with Gasteiger partial charge in [0.15, 0.2) is 11.5 Å². The summed E-state index contributed by atoms with van der Waals surface area (Å²) in [6, 6.07) is 2.41. The molecule has 5 nitrogen and oxygen atoms in total. The van der Waals surface area contributed by atoms with Crippen LogP contribution >= 0.6 is 0 Å². The van der Waals surface area contributed by atoms with Gasteiger partial charge in [-0.15, -0.1) is 0 Å². The highest BCUT2D eigenvalue weighted by Gasteiger charge is 2.29. The van der Waals surface area contributed by atoms with Crippen molar-refractivity contribution in [1.82, 2.24) is 0 Å². The molecule has 1 aromatic rings. The molecule has 0 atom stereocenters. The highest BCUT2D eigenvalue weighted by atomic mass is 19.1. The zero-order valence-corrected chi connectivity index (χ0v) is 15.2. The zero-order chi connectivity index (χ0) is 18.7. The lowest BCUT2D eigenvalue weighted by molar-refractivity contribution is -0.145. The van der Waals surface area contributed by atoms with E-state index in [2.05, 4.69) is 0 Å². The monoisotopic (exact) mass is 339 g/mol. The number of hydrogen-bond donors (Lipinski definition) is 1. The summed E-state index contributed by atoms with van der Waals surface area (Å²) in [5, 5.41) is 0. The Morgan fingerprint density at radius 3 is 1.75 bits per heavy atom. The molecule has 0 spiro atoms. The minimum atomic E-state index is -0.780. The minimum Gasteiger partial charge on any atom is -0.422 e. The van der Waals surface area contributed by atoms with Gasteiger partial charge < -0.3 is 15.2 Å². The van der Waals surface area contributed by atoms with E-state index in [0.29, 0.717) is 5.56 Å². The number of esters is 2. The number of carbonyl (C=O) groups excluding carboxylic acids is 2. The van der Waals surface area contributed by atoms with Crippen molar-refractivity contribution in [3.8, 4) is 11.5 Å². The second-order valence-electron chi connectivity index (χ2n) is 7.71. The Bertz CT molecular complexity index is 627. The molecule has 0 aliphatic heterocycles. The molecule has 0 saturated carbocycles. The molecule has 0 aliphatic rings. The Balaban J connectivity index is 3.27. The molecule has 1 aromatic carbocycles. The fourth-order valence-electron chi connectivity index (χ4n) is 1.59. The number of carbonyl (C=O) groups is 2. The number of nitrogens with two attached hydrogens (primary N) is 1. The predicted octanol–water partition coefficient (Wildman–Crippen LogP) is 3.23. The van der Waals surface area contributed by atoms with Crippen LogP contribution in [-0.2, 0) is 16.0 Å². The Morgan fingerprint density at radius 1 is 0.958 bits per heavy atom. The molecule has 134 valence electrons. The van der Waals surface area contributed by atoms with Gasteiger partial charge in [0.05, 0.1) is 10.8 Å². The first-order valence-electron chi connectivity index (χ1n) is 7.83. The van der Waals surface area contributed by atoms with Gasteiger partial charge in [0.1, 0.15) is 5.82 Å². The zero-order valence-electron chi connectivity index (χ0n) is 15.2. The standard InChI is InChI=1S/C18H26FNO4/c1-17(2,3)15(21)23-13-9-11(7-8-20)12(19)10-14(13)24-16(22)18(4,5)6/h9-10H,7-8,20H2,1-6H3. The van der Waals surface area contributed by atoms with Crippen LogP contribution in [0.25, 0.3) is 0 Å². The quantitative estimate of drug-likeness (QED) is 0.673. The third kappa shape index (κ3) is 5.30. The van der Waals surface area contributed by atoms with Crippen LogP contribution in [-0.4, -0.2) is 18.5 Å². The van der Waals surface area contributed by atoms with Crippen LogP contribution in [0.15, 0.2) is 12.1 Å². The van der Waals surface area contributed by atoms with E-state index in [4.69, 9.17) is 15.2 Å². The molecule has 0 radical (unpaired) electrons. The highest BCUT2D eigenvalue weighted by molar-refractivity contribution is 5.81. The molecule has 0 aromatic heterocycles. The summed E-state index contributed by atoms with van der Waals surface area (Å²) in [7, 11) is 0. The van der Waals surface area contributed by atoms with Crippen molar-refractivity contribution >= 4 is 11.9 Å². The number of halogens is 1. The van der Waals surface area contributed by atoms with Crippen molar-refractivity contribution in [2.24, 2.45) is 16.6 Å². The van der Waals surface area contributed by atoms with Crippen LogP contribution in [0.3, 0.4) is 0 Å². The van der Waals surface area contributed by atoms with Crippen molar-refractivity contribution in [3.05, 3.63) is 23.5 Å². The maximum atomic E-state index is 14.1. The fraction of sp³-hybridized carbons (Fsp3) is 0.556. The normalized spacial score (nSPS) is 12.0. The molecule has 2 N–H and O–H groups in total. The Hall–Kier alpha value is -1.95. The van der Waals surface area contributed by atoms with Gasteiger partial charge in [0.2, 0.25) is 0 Å².